The molecule has 0 saturated heterocycles. The minimum absolute atomic E-state index is 0.133. The van der Waals surface area contributed by atoms with Gasteiger partial charge in [-0.05, 0) is 17.7 Å². The minimum Gasteiger partial charge on any atom is -0.347 e. The van der Waals surface area contributed by atoms with E-state index in [2.05, 4.69) is 30.9 Å². The minimum atomic E-state index is -0.452. The Bertz CT molecular complexity index is 544. The maximum absolute atomic E-state index is 10.3. The fraction of sp³-hybridized carbons (Fsp3) is 0.286. The maximum Gasteiger partial charge on any atom is 0.234 e. The predicted octanol–water partition coefficient (Wildman–Crippen LogP) is 3.09. The van der Waals surface area contributed by atoms with Crippen molar-refractivity contribution in [1.29, 1.82) is 0 Å². The molecule has 0 aliphatic carbocycles. The molecule has 0 atom stereocenters. The van der Waals surface area contributed by atoms with Crippen LogP contribution in [-0.4, -0.2) is 12.0 Å². The Morgan fingerprint density at radius 1 is 1.33 bits per heavy atom. The molecule has 0 spiro atoms. The second-order valence-corrected chi connectivity index (χ2v) is 4.88. The molecular formula is C14H16N2O2. The van der Waals surface area contributed by atoms with E-state index in [4.69, 9.17) is 0 Å². The third-order valence-electron chi connectivity index (χ3n) is 3.40. The molecule has 1 aromatic carbocycles. The maximum atomic E-state index is 10.3. The first-order valence-corrected chi connectivity index (χ1v) is 5.80. The van der Waals surface area contributed by atoms with E-state index in [1.807, 2.05) is 25.3 Å². The number of hydrogen-bond donors (Lipinski definition) is 0. The highest BCUT2D eigenvalue weighted by Gasteiger charge is 2.37. The molecule has 0 fully saturated rings. The van der Waals surface area contributed by atoms with Crippen molar-refractivity contribution in [2.75, 3.05) is 11.9 Å². The lowest BCUT2D eigenvalue weighted by atomic mass is 9.84. The van der Waals surface area contributed by atoms with E-state index >= 15 is 0 Å². The standard InChI is InChI=1S/C14H16N2O2/c1-14(2)11-7-4-5-8-12(11)15(3)13(14)9-6-10-16(17)18/h4-10H,1-3H3/b10-6+,13-9+. The van der Waals surface area contributed by atoms with Gasteiger partial charge in [-0.2, -0.15) is 0 Å². The quantitative estimate of drug-likeness (QED) is 0.593. The van der Waals surface area contributed by atoms with Crippen LogP contribution in [-0.2, 0) is 5.41 Å². The van der Waals surface area contributed by atoms with Crippen LogP contribution in [0.25, 0.3) is 0 Å². The Hall–Kier alpha value is -2.10. The predicted molar refractivity (Wildman–Crippen MR) is 72.1 cm³/mol. The first-order chi connectivity index (χ1) is 8.44. The number of benzene rings is 1. The number of anilines is 1. The number of nitro groups is 1. The number of para-hydroxylation sites is 1. The van der Waals surface area contributed by atoms with E-state index in [0.717, 1.165) is 17.6 Å². The van der Waals surface area contributed by atoms with Gasteiger partial charge in [0.15, 0.2) is 0 Å². The lowest BCUT2D eigenvalue weighted by molar-refractivity contribution is -0.402. The summed E-state index contributed by atoms with van der Waals surface area (Å²) in [5, 5.41) is 10.3. The van der Waals surface area contributed by atoms with Crippen molar-refractivity contribution in [3.8, 4) is 0 Å². The highest BCUT2D eigenvalue weighted by molar-refractivity contribution is 5.69. The van der Waals surface area contributed by atoms with Gasteiger partial charge < -0.3 is 4.90 Å². The van der Waals surface area contributed by atoms with Crippen molar-refractivity contribution < 1.29 is 4.92 Å². The second-order valence-electron chi connectivity index (χ2n) is 4.88. The van der Waals surface area contributed by atoms with E-state index in [1.165, 1.54) is 11.6 Å². The molecule has 0 saturated carbocycles. The highest BCUT2D eigenvalue weighted by Crippen LogP contribution is 2.46. The molecule has 94 valence electrons. The van der Waals surface area contributed by atoms with Crippen molar-refractivity contribution in [2.45, 2.75) is 19.3 Å². The van der Waals surface area contributed by atoms with Crippen molar-refractivity contribution in [3.63, 3.8) is 0 Å². The van der Waals surface area contributed by atoms with Crippen LogP contribution in [0, 0.1) is 10.1 Å². The lowest BCUT2D eigenvalue weighted by Crippen LogP contribution is -2.22. The van der Waals surface area contributed by atoms with Gasteiger partial charge in [0, 0.05) is 29.9 Å². The van der Waals surface area contributed by atoms with Crippen LogP contribution in [0.5, 0.6) is 0 Å². The van der Waals surface area contributed by atoms with Crippen molar-refractivity contribution in [1.82, 2.24) is 0 Å². The highest BCUT2D eigenvalue weighted by atomic mass is 16.6. The van der Waals surface area contributed by atoms with Crippen LogP contribution in [0.1, 0.15) is 19.4 Å². The van der Waals surface area contributed by atoms with Gasteiger partial charge in [-0.3, -0.25) is 10.1 Å². The summed E-state index contributed by atoms with van der Waals surface area (Å²) in [6, 6.07) is 8.18. The van der Waals surface area contributed by atoms with Gasteiger partial charge in [0.1, 0.15) is 0 Å². The smallest absolute Gasteiger partial charge is 0.234 e. The molecule has 1 aliphatic heterocycles. The first kappa shape index (κ1) is 12.4. The molecular weight excluding hydrogens is 228 g/mol. The summed E-state index contributed by atoms with van der Waals surface area (Å²) in [5.74, 6) is 0. The summed E-state index contributed by atoms with van der Waals surface area (Å²) in [5.41, 5.74) is 3.32. The number of fused-ring (bicyclic) bond motifs is 1. The van der Waals surface area contributed by atoms with Crippen LogP contribution < -0.4 is 4.90 Å². The van der Waals surface area contributed by atoms with Crippen molar-refractivity contribution >= 4 is 5.69 Å². The van der Waals surface area contributed by atoms with Gasteiger partial charge >= 0.3 is 0 Å². The Labute approximate surface area is 106 Å². The lowest BCUT2D eigenvalue weighted by Gasteiger charge is -2.23. The van der Waals surface area contributed by atoms with Gasteiger partial charge in [0.25, 0.3) is 0 Å². The molecule has 1 aliphatic rings. The van der Waals surface area contributed by atoms with Crippen LogP contribution in [0.3, 0.4) is 0 Å². The van der Waals surface area contributed by atoms with Gasteiger partial charge in [0.05, 0.1) is 4.92 Å². The fourth-order valence-electron chi connectivity index (χ4n) is 2.51. The SMILES string of the molecule is CN1/C(=C/C=C/[N+](=O)[O-])C(C)(C)c2ccccc21. The number of likely N-dealkylation sites (N-methyl/N-ethyl adjacent to an activating group) is 1. The Morgan fingerprint density at radius 3 is 2.61 bits per heavy atom. The number of allylic oxidation sites excluding steroid dienone is 3. The summed E-state index contributed by atoms with van der Waals surface area (Å²) >= 11 is 0. The van der Waals surface area contributed by atoms with Crippen molar-refractivity contribution in [2.24, 2.45) is 0 Å². The van der Waals surface area contributed by atoms with E-state index in [9.17, 15) is 10.1 Å². The molecule has 18 heavy (non-hydrogen) atoms. The van der Waals surface area contributed by atoms with Crippen LogP contribution in [0.2, 0.25) is 0 Å². The molecule has 0 radical (unpaired) electrons. The molecule has 0 bridgehead atoms. The monoisotopic (exact) mass is 244 g/mol. The summed E-state index contributed by atoms with van der Waals surface area (Å²) in [7, 11) is 1.99. The zero-order valence-corrected chi connectivity index (χ0v) is 10.8. The number of rotatable bonds is 2. The zero-order chi connectivity index (χ0) is 13.3. The third kappa shape index (κ3) is 1.90. The second kappa shape index (κ2) is 4.29. The molecule has 0 unspecified atom stereocenters. The molecule has 0 amide bonds. The van der Waals surface area contributed by atoms with Crippen molar-refractivity contribution in [3.05, 3.63) is 64.0 Å². The Morgan fingerprint density at radius 2 is 2.00 bits per heavy atom. The van der Waals surface area contributed by atoms with Gasteiger partial charge in [-0.25, -0.2) is 0 Å². The Balaban J connectivity index is 2.44. The average Bonchev–Trinajstić information content (AvgIpc) is 2.50. The van der Waals surface area contributed by atoms with Gasteiger partial charge in [0.2, 0.25) is 6.20 Å². The fourth-order valence-corrected chi connectivity index (χ4v) is 2.51. The number of nitrogens with zero attached hydrogens (tertiary/aromatic N) is 2. The van der Waals surface area contributed by atoms with Crippen LogP contribution in [0.4, 0.5) is 5.69 Å². The van der Waals surface area contributed by atoms with E-state index in [-0.39, 0.29) is 5.41 Å². The van der Waals surface area contributed by atoms with Crippen LogP contribution in [0.15, 0.2) is 48.3 Å². The summed E-state index contributed by atoms with van der Waals surface area (Å²) in [4.78, 5) is 11.9. The Kier molecular flexibility index (Phi) is 2.95. The van der Waals surface area contributed by atoms with Gasteiger partial charge in [-0.15, -0.1) is 0 Å². The largest absolute Gasteiger partial charge is 0.347 e. The number of hydrogen-bond acceptors (Lipinski definition) is 3. The van der Waals surface area contributed by atoms with E-state index in [0.29, 0.717) is 0 Å². The van der Waals surface area contributed by atoms with Crippen LogP contribution >= 0.6 is 0 Å². The molecule has 2 rings (SSSR count). The molecule has 0 aromatic heterocycles. The average molecular weight is 244 g/mol. The zero-order valence-electron chi connectivity index (χ0n) is 10.8. The molecule has 0 N–H and O–H groups in total. The third-order valence-corrected chi connectivity index (χ3v) is 3.40. The molecule has 4 heteroatoms. The topological polar surface area (TPSA) is 46.4 Å². The molecule has 4 nitrogen and oxygen atoms in total. The summed E-state index contributed by atoms with van der Waals surface area (Å²) in [6.45, 7) is 4.25. The summed E-state index contributed by atoms with van der Waals surface area (Å²) in [6.07, 6.45) is 4.25. The molecule has 1 aromatic rings. The van der Waals surface area contributed by atoms with Gasteiger partial charge in [-0.1, -0.05) is 32.0 Å². The van der Waals surface area contributed by atoms with E-state index < -0.39 is 4.92 Å². The summed E-state index contributed by atoms with van der Waals surface area (Å²) < 4.78 is 0. The normalized spacial score (nSPS) is 19.5. The first-order valence-electron chi connectivity index (χ1n) is 5.80. The molecule has 1 heterocycles. The van der Waals surface area contributed by atoms with E-state index in [1.54, 1.807) is 0 Å².